The highest BCUT2D eigenvalue weighted by atomic mass is 32.2. The van der Waals surface area contributed by atoms with E-state index in [0.717, 1.165) is 36.8 Å². The normalized spacial score (nSPS) is 17.5. The number of benzene rings is 1. The van der Waals surface area contributed by atoms with Crippen molar-refractivity contribution < 1.29 is 19.0 Å². The monoisotopic (exact) mass is 336 g/mol. The van der Waals surface area contributed by atoms with Crippen molar-refractivity contribution in [3.05, 3.63) is 30.1 Å². The molecule has 0 aliphatic carbocycles. The number of hydrogen-bond acceptors (Lipinski definition) is 6. The van der Waals surface area contributed by atoms with Crippen LogP contribution in [0.15, 0.2) is 29.4 Å². The molecule has 0 bridgehead atoms. The fourth-order valence-corrected chi connectivity index (χ4v) is 3.15. The molecule has 0 saturated carbocycles. The third-order valence-corrected chi connectivity index (χ3v) is 4.49. The van der Waals surface area contributed by atoms with Crippen LogP contribution in [0.4, 0.5) is 4.39 Å². The SMILES string of the molecule is O=C([O-])CSc1nnc(-c2ccc(F)cc2)n1C[C@H]1CCCO1. The van der Waals surface area contributed by atoms with E-state index in [9.17, 15) is 14.3 Å². The van der Waals surface area contributed by atoms with Crippen molar-refractivity contribution in [2.45, 2.75) is 30.6 Å². The standard InChI is InChI=1S/C15H16FN3O3S/c16-11-5-3-10(4-6-11)14-17-18-15(23-9-13(20)21)19(14)8-12-2-1-7-22-12/h3-6,12H,1-2,7-9H2,(H,20,21)/p-1/t12-/m1/s1. The molecule has 2 heterocycles. The second kappa shape index (κ2) is 7.10. The van der Waals surface area contributed by atoms with Gasteiger partial charge in [0.1, 0.15) is 5.82 Å². The van der Waals surface area contributed by atoms with Crippen LogP contribution in [0.3, 0.4) is 0 Å². The maximum absolute atomic E-state index is 13.1. The first-order valence-corrected chi connectivity index (χ1v) is 8.25. The summed E-state index contributed by atoms with van der Waals surface area (Å²) in [6, 6.07) is 5.96. The molecule has 1 aliphatic heterocycles. The maximum Gasteiger partial charge on any atom is 0.191 e. The molecule has 2 aromatic rings. The molecule has 6 nitrogen and oxygen atoms in total. The van der Waals surface area contributed by atoms with Gasteiger partial charge in [-0.15, -0.1) is 10.2 Å². The summed E-state index contributed by atoms with van der Waals surface area (Å²) < 4.78 is 20.6. The molecule has 1 fully saturated rings. The van der Waals surface area contributed by atoms with Gasteiger partial charge in [0.15, 0.2) is 11.0 Å². The zero-order valence-electron chi connectivity index (χ0n) is 12.3. The summed E-state index contributed by atoms with van der Waals surface area (Å²) in [4.78, 5) is 10.7. The average molecular weight is 336 g/mol. The van der Waals surface area contributed by atoms with Crippen LogP contribution in [0.2, 0.25) is 0 Å². The number of halogens is 1. The molecular weight excluding hydrogens is 321 g/mol. The van der Waals surface area contributed by atoms with Crippen molar-refractivity contribution in [2.24, 2.45) is 0 Å². The largest absolute Gasteiger partial charge is 0.549 e. The Hall–Kier alpha value is -1.93. The highest BCUT2D eigenvalue weighted by Crippen LogP contribution is 2.26. The van der Waals surface area contributed by atoms with Crippen molar-refractivity contribution in [3.8, 4) is 11.4 Å². The number of hydrogen-bond donors (Lipinski definition) is 0. The number of carboxylic acids is 1. The average Bonchev–Trinajstić information content (AvgIpc) is 3.17. The minimum Gasteiger partial charge on any atom is -0.549 e. The van der Waals surface area contributed by atoms with Gasteiger partial charge in [-0.05, 0) is 37.1 Å². The third kappa shape index (κ3) is 3.89. The first-order chi connectivity index (χ1) is 11.1. The lowest BCUT2D eigenvalue weighted by atomic mass is 10.2. The van der Waals surface area contributed by atoms with Crippen LogP contribution in [-0.2, 0) is 16.1 Å². The molecular formula is C15H15FN3O3S-. The number of nitrogens with zero attached hydrogens (tertiary/aromatic N) is 3. The lowest BCUT2D eigenvalue weighted by molar-refractivity contribution is -0.301. The number of rotatable bonds is 6. The Bertz CT molecular complexity index is 684. The van der Waals surface area contributed by atoms with E-state index in [0.29, 0.717) is 17.5 Å². The van der Waals surface area contributed by atoms with Gasteiger partial charge in [0.05, 0.1) is 18.6 Å². The smallest absolute Gasteiger partial charge is 0.191 e. The Balaban J connectivity index is 1.90. The van der Waals surface area contributed by atoms with Gasteiger partial charge in [-0.25, -0.2) is 4.39 Å². The van der Waals surface area contributed by atoms with E-state index in [4.69, 9.17) is 4.74 Å². The van der Waals surface area contributed by atoms with Gasteiger partial charge in [-0.2, -0.15) is 0 Å². The summed E-state index contributed by atoms with van der Waals surface area (Å²) in [6.45, 7) is 1.26. The Morgan fingerprint density at radius 1 is 1.39 bits per heavy atom. The first kappa shape index (κ1) is 15.9. The summed E-state index contributed by atoms with van der Waals surface area (Å²) in [5.41, 5.74) is 0.720. The molecule has 1 aliphatic rings. The Kier molecular flexibility index (Phi) is 4.92. The number of carbonyl (C=O) groups is 1. The molecule has 0 radical (unpaired) electrons. The second-order valence-electron chi connectivity index (χ2n) is 5.22. The summed E-state index contributed by atoms with van der Waals surface area (Å²) in [5.74, 6) is -1.12. The predicted octanol–water partition coefficient (Wildman–Crippen LogP) is 1.11. The zero-order valence-corrected chi connectivity index (χ0v) is 13.1. The minimum absolute atomic E-state index is 0.0486. The van der Waals surface area contributed by atoms with Crippen LogP contribution in [0.1, 0.15) is 12.8 Å². The van der Waals surface area contributed by atoms with Gasteiger partial charge in [0, 0.05) is 17.9 Å². The van der Waals surface area contributed by atoms with Gasteiger partial charge in [-0.1, -0.05) is 11.8 Å². The molecule has 1 aromatic heterocycles. The van der Waals surface area contributed by atoms with Crippen LogP contribution in [-0.4, -0.2) is 39.2 Å². The van der Waals surface area contributed by atoms with Crippen molar-refractivity contribution >= 4 is 17.7 Å². The highest BCUT2D eigenvalue weighted by molar-refractivity contribution is 7.99. The van der Waals surface area contributed by atoms with Crippen LogP contribution < -0.4 is 5.11 Å². The van der Waals surface area contributed by atoms with E-state index >= 15 is 0 Å². The Labute approximate surface area is 136 Å². The number of carbonyl (C=O) groups excluding carboxylic acids is 1. The zero-order chi connectivity index (χ0) is 16.2. The van der Waals surface area contributed by atoms with E-state index in [-0.39, 0.29) is 17.7 Å². The van der Waals surface area contributed by atoms with Crippen LogP contribution >= 0.6 is 11.8 Å². The molecule has 0 spiro atoms. The molecule has 0 N–H and O–H groups in total. The molecule has 3 rings (SSSR count). The molecule has 0 amide bonds. The van der Waals surface area contributed by atoms with Crippen LogP contribution in [0.5, 0.6) is 0 Å². The number of ether oxygens (including phenoxy) is 1. The van der Waals surface area contributed by atoms with Crippen LogP contribution in [0.25, 0.3) is 11.4 Å². The molecule has 1 aromatic carbocycles. The Morgan fingerprint density at radius 3 is 2.83 bits per heavy atom. The number of aromatic nitrogens is 3. The number of thioether (sulfide) groups is 1. The first-order valence-electron chi connectivity index (χ1n) is 7.27. The lowest BCUT2D eigenvalue weighted by Gasteiger charge is -2.14. The van der Waals surface area contributed by atoms with Crippen LogP contribution in [0, 0.1) is 5.82 Å². The second-order valence-corrected chi connectivity index (χ2v) is 6.16. The number of carboxylic acid groups (broad SMARTS) is 1. The summed E-state index contributed by atoms with van der Waals surface area (Å²) in [5, 5.41) is 19.4. The minimum atomic E-state index is -1.16. The molecule has 1 atom stereocenters. The van der Waals surface area contributed by atoms with E-state index < -0.39 is 5.97 Å². The van der Waals surface area contributed by atoms with Crippen molar-refractivity contribution in [3.63, 3.8) is 0 Å². The molecule has 0 unspecified atom stereocenters. The molecule has 8 heteroatoms. The van der Waals surface area contributed by atoms with Gasteiger partial charge >= 0.3 is 0 Å². The molecule has 23 heavy (non-hydrogen) atoms. The van der Waals surface area contributed by atoms with Crippen molar-refractivity contribution in [1.82, 2.24) is 14.8 Å². The maximum atomic E-state index is 13.1. The van der Waals surface area contributed by atoms with E-state index in [1.54, 1.807) is 12.1 Å². The van der Waals surface area contributed by atoms with E-state index in [2.05, 4.69) is 10.2 Å². The lowest BCUT2D eigenvalue weighted by Crippen LogP contribution is -2.24. The van der Waals surface area contributed by atoms with Gasteiger partial charge < -0.3 is 14.6 Å². The Morgan fingerprint density at radius 2 is 2.17 bits per heavy atom. The van der Waals surface area contributed by atoms with Crippen molar-refractivity contribution in [2.75, 3.05) is 12.4 Å². The summed E-state index contributed by atoms with van der Waals surface area (Å²) >= 11 is 1.05. The fraction of sp³-hybridized carbons (Fsp3) is 0.400. The summed E-state index contributed by atoms with van der Waals surface area (Å²) in [6.07, 6.45) is 1.98. The van der Waals surface area contributed by atoms with E-state index in [1.807, 2.05) is 4.57 Å². The topological polar surface area (TPSA) is 80.1 Å². The third-order valence-electron chi connectivity index (χ3n) is 3.55. The predicted molar refractivity (Wildman–Crippen MR) is 80.1 cm³/mol. The van der Waals surface area contributed by atoms with E-state index in [1.165, 1.54) is 12.1 Å². The quantitative estimate of drug-likeness (QED) is 0.735. The van der Waals surface area contributed by atoms with Crippen molar-refractivity contribution in [1.29, 1.82) is 0 Å². The van der Waals surface area contributed by atoms with Gasteiger partial charge in [-0.3, -0.25) is 4.57 Å². The van der Waals surface area contributed by atoms with Gasteiger partial charge in [0.2, 0.25) is 0 Å². The van der Waals surface area contributed by atoms with Gasteiger partial charge in [0.25, 0.3) is 0 Å². The summed E-state index contributed by atoms with van der Waals surface area (Å²) in [7, 11) is 0. The molecule has 122 valence electrons. The number of aliphatic carboxylic acids is 1. The highest BCUT2D eigenvalue weighted by Gasteiger charge is 2.21. The fourth-order valence-electron chi connectivity index (χ4n) is 2.49. The molecule has 1 saturated heterocycles.